The molecule has 5 aliphatic carbocycles. The van der Waals surface area contributed by atoms with Gasteiger partial charge in [0.1, 0.15) is 16.9 Å². The predicted molar refractivity (Wildman–Crippen MR) is 130 cm³/mol. The lowest BCUT2D eigenvalue weighted by atomic mass is 9.49. The molecule has 0 unspecified atom stereocenters. The molecule has 7 rings (SSSR count). The molecule has 1 amide bonds. The molecule has 1 N–H and O–H groups in total. The molecule has 0 saturated heterocycles. The summed E-state index contributed by atoms with van der Waals surface area (Å²) in [6.07, 6.45) is 13.7. The summed E-state index contributed by atoms with van der Waals surface area (Å²) in [4.78, 5) is 14.0. The SMILES string of the molecule is Cn1c(CC23CC4CC(CC(C4)C2)C3)nnc1SCC(=O)Nc1sc2c(c1C#N)CCCC2. The fourth-order valence-corrected chi connectivity index (χ4v) is 9.52. The average Bonchev–Trinajstić information content (AvgIpc) is 3.30. The third kappa shape index (κ3) is 4.01. The summed E-state index contributed by atoms with van der Waals surface area (Å²) >= 11 is 3.01. The highest BCUT2D eigenvalue weighted by Gasteiger charge is 2.51. The highest BCUT2D eigenvalue weighted by atomic mass is 32.2. The molecule has 2 aromatic rings. The van der Waals surface area contributed by atoms with Crippen LogP contribution in [0.2, 0.25) is 0 Å². The third-order valence-electron chi connectivity index (χ3n) is 8.49. The number of nitriles is 1. The topological polar surface area (TPSA) is 83.6 Å². The Kier molecular flexibility index (Phi) is 5.53. The fraction of sp³-hybridized carbons (Fsp3) is 0.680. The first kappa shape index (κ1) is 21.7. The summed E-state index contributed by atoms with van der Waals surface area (Å²) in [6, 6.07) is 2.32. The molecule has 4 saturated carbocycles. The number of hydrogen-bond acceptors (Lipinski definition) is 6. The van der Waals surface area contributed by atoms with Gasteiger partial charge in [0.15, 0.2) is 5.16 Å². The van der Waals surface area contributed by atoms with E-state index in [0.717, 1.165) is 65.0 Å². The first-order valence-electron chi connectivity index (χ1n) is 12.4. The van der Waals surface area contributed by atoms with Gasteiger partial charge in [-0.1, -0.05) is 11.8 Å². The number of fused-ring (bicyclic) bond motifs is 1. The van der Waals surface area contributed by atoms with Gasteiger partial charge in [-0.3, -0.25) is 4.79 Å². The van der Waals surface area contributed by atoms with Gasteiger partial charge in [-0.25, -0.2) is 0 Å². The second-order valence-electron chi connectivity index (χ2n) is 10.9. The maximum Gasteiger partial charge on any atom is 0.235 e. The monoisotopic (exact) mass is 481 g/mol. The van der Waals surface area contributed by atoms with Crippen LogP contribution < -0.4 is 5.32 Å². The van der Waals surface area contributed by atoms with E-state index < -0.39 is 0 Å². The van der Waals surface area contributed by atoms with Gasteiger partial charge in [-0.2, -0.15) is 5.26 Å². The molecule has 174 valence electrons. The van der Waals surface area contributed by atoms with E-state index in [1.54, 1.807) is 11.3 Å². The van der Waals surface area contributed by atoms with E-state index in [4.69, 9.17) is 0 Å². The number of aromatic nitrogens is 3. The molecule has 4 bridgehead atoms. The van der Waals surface area contributed by atoms with Crippen LogP contribution in [0.25, 0.3) is 0 Å². The van der Waals surface area contributed by atoms with Gasteiger partial charge in [-0.15, -0.1) is 21.5 Å². The summed E-state index contributed by atoms with van der Waals surface area (Å²) in [5.74, 6) is 4.06. The molecule has 5 aliphatic rings. The predicted octanol–water partition coefficient (Wildman–Crippen LogP) is 5.12. The maximum atomic E-state index is 12.7. The lowest BCUT2D eigenvalue weighted by Gasteiger charge is -2.56. The van der Waals surface area contributed by atoms with Gasteiger partial charge < -0.3 is 9.88 Å². The van der Waals surface area contributed by atoms with Gasteiger partial charge >= 0.3 is 0 Å². The Labute approximate surface area is 203 Å². The average molecular weight is 482 g/mol. The van der Waals surface area contributed by atoms with E-state index in [-0.39, 0.29) is 11.7 Å². The number of nitrogens with one attached hydrogen (secondary N) is 1. The van der Waals surface area contributed by atoms with Crippen LogP contribution in [0, 0.1) is 34.5 Å². The Hall–Kier alpha value is -1.85. The number of hydrogen-bond donors (Lipinski definition) is 1. The van der Waals surface area contributed by atoms with E-state index >= 15 is 0 Å². The van der Waals surface area contributed by atoms with Crippen LogP contribution >= 0.6 is 23.1 Å². The minimum absolute atomic E-state index is 0.0827. The summed E-state index contributed by atoms with van der Waals surface area (Å²) in [5, 5.41) is 23.1. The first-order chi connectivity index (χ1) is 16.0. The van der Waals surface area contributed by atoms with Crippen molar-refractivity contribution >= 4 is 34.0 Å². The van der Waals surface area contributed by atoms with Crippen molar-refractivity contribution < 1.29 is 4.79 Å². The van der Waals surface area contributed by atoms with Gasteiger partial charge in [-0.05, 0) is 92.9 Å². The minimum atomic E-state index is -0.0827. The molecule has 4 fully saturated rings. The highest BCUT2D eigenvalue weighted by Crippen LogP contribution is 2.61. The number of carbonyl (C=O) groups is 1. The van der Waals surface area contributed by atoms with Crippen molar-refractivity contribution in [2.75, 3.05) is 11.1 Å². The smallest absolute Gasteiger partial charge is 0.235 e. The van der Waals surface area contributed by atoms with Crippen LogP contribution in [0.5, 0.6) is 0 Å². The second-order valence-corrected chi connectivity index (χ2v) is 13.0. The normalized spacial score (nSPS) is 29.6. The summed E-state index contributed by atoms with van der Waals surface area (Å²) in [5.41, 5.74) is 2.25. The van der Waals surface area contributed by atoms with Crippen molar-refractivity contribution in [1.29, 1.82) is 5.26 Å². The third-order valence-corrected chi connectivity index (χ3v) is 10.7. The molecule has 2 heterocycles. The zero-order valence-corrected chi connectivity index (χ0v) is 20.9. The molecule has 2 aromatic heterocycles. The lowest BCUT2D eigenvalue weighted by molar-refractivity contribution is -0.113. The van der Waals surface area contributed by atoms with Crippen LogP contribution in [0.15, 0.2) is 5.16 Å². The van der Waals surface area contributed by atoms with Crippen LogP contribution in [-0.2, 0) is 31.1 Å². The Bertz CT molecular complexity index is 1090. The van der Waals surface area contributed by atoms with E-state index in [9.17, 15) is 10.1 Å². The number of thiophene rings is 1. The Morgan fingerprint density at radius 3 is 2.58 bits per heavy atom. The highest BCUT2D eigenvalue weighted by molar-refractivity contribution is 7.99. The Morgan fingerprint density at radius 1 is 1.18 bits per heavy atom. The van der Waals surface area contributed by atoms with E-state index in [1.165, 1.54) is 61.6 Å². The van der Waals surface area contributed by atoms with Gasteiger partial charge in [0.05, 0.1) is 11.3 Å². The number of nitrogens with zero attached hydrogens (tertiary/aromatic N) is 4. The van der Waals surface area contributed by atoms with Crippen molar-refractivity contribution in [1.82, 2.24) is 14.8 Å². The number of thioether (sulfide) groups is 1. The molecular formula is C25H31N5OS2. The van der Waals surface area contributed by atoms with Crippen molar-refractivity contribution in [3.8, 4) is 6.07 Å². The Balaban J connectivity index is 1.09. The number of rotatable bonds is 6. The van der Waals surface area contributed by atoms with Crippen molar-refractivity contribution in [3.63, 3.8) is 0 Å². The fourth-order valence-electron chi connectivity index (χ4n) is 7.53. The summed E-state index contributed by atoms with van der Waals surface area (Å²) < 4.78 is 2.10. The number of carbonyl (C=O) groups excluding carboxylic acids is 1. The van der Waals surface area contributed by atoms with E-state index in [0.29, 0.717) is 11.0 Å². The quantitative estimate of drug-likeness (QED) is 0.579. The van der Waals surface area contributed by atoms with Crippen molar-refractivity contribution in [3.05, 3.63) is 21.8 Å². The minimum Gasteiger partial charge on any atom is -0.316 e. The van der Waals surface area contributed by atoms with E-state index in [1.807, 2.05) is 7.05 Å². The second kappa shape index (κ2) is 8.42. The molecule has 0 radical (unpaired) electrons. The maximum absolute atomic E-state index is 12.7. The molecule has 0 atom stereocenters. The van der Waals surface area contributed by atoms with Gasteiger partial charge in [0.2, 0.25) is 5.91 Å². The van der Waals surface area contributed by atoms with Crippen LogP contribution in [0.1, 0.15) is 73.2 Å². The number of aryl methyl sites for hydroxylation is 1. The molecule has 0 spiro atoms. The zero-order chi connectivity index (χ0) is 22.6. The molecular weight excluding hydrogens is 450 g/mol. The zero-order valence-electron chi connectivity index (χ0n) is 19.2. The Morgan fingerprint density at radius 2 is 1.88 bits per heavy atom. The largest absolute Gasteiger partial charge is 0.316 e. The molecule has 33 heavy (non-hydrogen) atoms. The van der Waals surface area contributed by atoms with Crippen molar-refractivity contribution in [2.45, 2.75) is 75.8 Å². The lowest BCUT2D eigenvalue weighted by Crippen LogP contribution is -2.47. The van der Waals surface area contributed by atoms with Crippen LogP contribution in [0.4, 0.5) is 5.00 Å². The van der Waals surface area contributed by atoms with Gasteiger partial charge in [0.25, 0.3) is 0 Å². The molecule has 6 nitrogen and oxygen atoms in total. The van der Waals surface area contributed by atoms with Crippen LogP contribution in [-0.4, -0.2) is 26.4 Å². The van der Waals surface area contributed by atoms with E-state index in [2.05, 4.69) is 26.2 Å². The van der Waals surface area contributed by atoms with Gasteiger partial charge in [0, 0.05) is 18.3 Å². The molecule has 0 aromatic carbocycles. The summed E-state index contributed by atoms with van der Waals surface area (Å²) in [7, 11) is 2.04. The van der Waals surface area contributed by atoms with Crippen molar-refractivity contribution in [2.24, 2.45) is 30.2 Å². The molecule has 8 heteroatoms. The molecule has 0 aliphatic heterocycles. The summed E-state index contributed by atoms with van der Waals surface area (Å²) in [6.45, 7) is 0. The number of amides is 1. The first-order valence-corrected chi connectivity index (χ1v) is 14.2. The standard InChI is InChI=1S/C25H31N5OS2/c1-30-21(12-25-9-15-6-16(10-25)8-17(7-15)11-25)28-29-24(30)32-14-22(31)27-23-19(13-26)18-4-2-3-5-20(18)33-23/h15-17H,2-12,14H2,1H3,(H,27,31). The number of anilines is 1. The van der Waals surface area contributed by atoms with Crippen LogP contribution in [0.3, 0.4) is 0 Å².